The van der Waals surface area contributed by atoms with E-state index in [0.717, 1.165) is 49.0 Å². The van der Waals surface area contributed by atoms with Gasteiger partial charge in [-0.15, -0.1) is 0 Å². The average molecular weight is 563 g/mol. The second-order valence-electron chi connectivity index (χ2n) is 10.5. The van der Waals surface area contributed by atoms with Gasteiger partial charge in [-0.1, -0.05) is 12.1 Å². The Hall–Kier alpha value is -4.48. The highest BCUT2D eigenvalue weighted by Gasteiger charge is 2.38. The summed E-state index contributed by atoms with van der Waals surface area (Å²) in [5, 5.41) is 7.95. The lowest BCUT2D eigenvalue weighted by Gasteiger charge is -2.27. The molecule has 1 aromatic carbocycles. The Balaban J connectivity index is 1.30. The summed E-state index contributed by atoms with van der Waals surface area (Å²) in [5.74, 6) is 0.0522. The predicted molar refractivity (Wildman–Crippen MR) is 145 cm³/mol. The van der Waals surface area contributed by atoms with Gasteiger partial charge in [-0.05, 0) is 43.4 Å². The van der Waals surface area contributed by atoms with Crippen LogP contribution in [0.4, 0.5) is 13.2 Å². The third kappa shape index (κ3) is 5.33. The van der Waals surface area contributed by atoms with Crippen molar-refractivity contribution in [3.05, 3.63) is 89.0 Å². The lowest BCUT2D eigenvalue weighted by Crippen LogP contribution is -2.35. The van der Waals surface area contributed by atoms with Gasteiger partial charge in [0, 0.05) is 62.5 Å². The number of imidazole rings is 1. The quantitative estimate of drug-likeness (QED) is 0.293. The molecule has 212 valence electrons. The Morgan fingerprint density at radius 3 is 2.54 bits per heavy atom. The number of rotatable bonds is 6. The fraction of sp³-hybridized carbons (Fsp3) is 0.345. The van der Waals surface area contributed by atoms with E-state index in [1.54, 1.807) is 40.9 Å². The number of carbonyl (C=O) groups is 1. The van der Waals surface area contributed by atoms with Crippen molar-refractivity contribution < 1.29 is 18.0 Å². The molecular formula is C29H29F3N8O. The van der Waals surface area contributed by atoms with Gasteiger partial charge in [-0.2, -0.15) is 23.4 Å². The number of likely N-dealkylation sites (tertiary alicyclic amines) is 1. The number of alkyl halides is 3. The van der Waals surface area contributed by atoms with Gasteiger partial charge >= 0.3 is 6.18 Å². The maximum absolute atomic E-state index is 14.0. The van der Waals surface area contributed by atoms with Gasteiger partial charge in [-0.3, -0.25) is 23.5 Å². The van der Waals surface area contributed by atoms with Gasteiger partial charge in [0.15, 0.2) is 11.3 Å². The third-order valence-corrected chi connectivity index (χ3v) is 7.45. The van der Waals surface area contributed by atoms with E-state index < -0.39 is 11.9 Å². The van der Waals surface area contributed by atoms with E-state index in [0.29, 0.717) is 23.3 Å². The zero-order valence-corrected chi connectivity index (χ0v) is 22.8. The van der Waals surface area contributed by atoms with Crippen molar-refractivity contribution in [3.8, 4) is 11.3 Å². The van der Waals surface area contributed by atoms with E-state index in [9.17, 15) is 18.0 Å². The molecule has 9 nitrogen and oxygen atoms in total. The van der Waals surface area contributed by atoms with Crippen LogP contribution in [0.1, 0.15) is 57.7 Å². The molecule has 0 radical (unpaired) electrons. The molecular weight excluding hydrogens is 533 g/mol. The molecule has 0 N–H and O–H groups in total. The van der Waals surface area contributed by atoms with Crippen molar-refractivity contribution in [1.29, 1.82) is 0 Å². The Kier molecular flexibility index (Phi) is 6.84. The number of fused-ring (bicyclic) bond motifs is 1. The van der Waals surface area contributed by atoms with E-state index in [4.69, 9.17) is 0 Å². The first kappa shape index (κ1) is 26.7. The van der Waals surface area contributed by atoms with E-state index in [2.05, 4.69) is 20.2 Å². The van der Waals surface area contributed by atoms with Gasteiger partial charge in [0.1, 0.15) is 0 Å². The summed E-state index contributed by atoms with van der Waals surface area (Å²) >= 11 is 0. The minimum absolute atomic E-state index is 0.0522. The maximum Gasteiger partial charge on any atom is 0.435 e. The number of benzene rings is 1. The SMILES string of the molecule is Cc1cc(Cc2nccn3c(-c4cn(Cc5cnn(C)c5)nc4C(F)(F)F)cnc23)ccc1C(=O)N1CCCCC1. The molecule has 0 unspecified atom stereocenters. The Labute approximate surface area is 234 Å². The summed E-state index contributed by atoms with van der Waals surface area (Å²) in [6.07, 6.45) is 8.27. The molecule has 0 saturated carbocycles. The summed E-state index contributed by atoms with van der Waals surface area (Å²) in [6, 6.07) is 5.73. The highest BCUT2D eigenvalue weighted by atomic mass is 19.4. The van der Waals surface area contributed by atoms with Crippen LogP contribution < -0.4 is 0 Å². The van der Waals surface area contributed by atoms with Crippen molar-refractivity contribution in [2.24, 2.45) is 7.05 Å². The van der Waals surface area contributed by atoms with E-state index >= 15 is 0 Å². The number of piperidine rings is 1. The summed E-state index contributed by atoms with van der Waals surface area (Å²) < 4.78 is 46.6. The molecule has 0 spiro atoms. The largest absolute Gasteiger partial charge is 0.435 e. The van der Waals surface area contributed by atoms with Crippen LogP contribution in [0, 0.1) is 6.92 Å². The summed E-state index contributed by atoms with van der Waals surface area (Å²) in [7, 11) is 1.74. The molecule has 12 heteroatoms. The molecule has 1 aliphatic heterocycles. The molecule has 6 rings (SSSR count). The maximum atomic E-state index is 14.0. The van der Waals surface area contributed by atoms with Crippen molar-refractivity contribution in [2.75, 3.05) is 13.1 Å². The zero-order valence-electron chi connectivity index (χ0n) is 22.8. The molecule has 1 aliphatic rings. The predicted octanol–water partition coefficient (Wildman–Crippen LogP) is 4.92. The molecule has 1 saturated heterocycles. The first-order valence-electron chi connectivity index (χ1n) is 13.5. The molecule has 5 aromatic rings. The number of hydrogen-bond donors (Lipinski definition) is 0. The molecule has 1 amide bonds. The first-order chi connectivity index (χ1) is 19.7. The van der Waals surface area contributed by atoms with Gasteiger partial charge in [0.05, 0.1) is 35.9 Å². The summed E-state index contributed by atoms with van der Waals surface area (Å²) in [6.45, 7) is 3.64. The van der Waals surface area contributed by atoms with E-state index in [1.807, 2.05) is 30.0 Å². The number of amides is 1. The number of carbonyl (C=O) groups excluding carboxylic acids is 1. The van der Waals surface area contributed by atoms with Crippen molar-refractivity contribution >= 4 is 11.6 Å². The number of halogens is 3. The van der Waals surface area contributed by atoms with Crippen LogP contribution in [0.25, 0.3) is 16.9 Å². The molecule has 4 aromatic heterocycles. The fourth-order valence-electron chi connectivity index (χ4n) is 5.47. The topological polar surface area (TPSA) is 86.1 Å². The minimum atomic E-state index is -4.65. The zero-order chi connectivity index (χ0) is 28.7. The minimum Gasteiger partial charge on any atom is -0.339 e. The monoisotopic (exact) mass is 562 g/mol. The van der Waals surface area contributed by atoms with Gasteiger partial charge in [0.25, 0.3) is 5.91 Å². The van der Waals surface area contributed by atoms with Crippen LogP contribution in [-0.2, 0) is 26.2 Å². The second kappa shape index (κ2) is 10.5. The van der Waals surface area contributed by atoms with Crippen molar-refractivity contribution in [2.45, 2.75) is 45.3 Å². The van der Waals surface area contributed by atoms with Crippen LogP contribution in [-0.4, -0.2) is 57.8 Å². The Bertz CT molecular complexity index is 1730. The Morgan fingerprint density at radius 2 is 1.83 bits per heavy atom. The van der Waals surface area contributed by atoms with Crippen LogP contribution >= 0.6 is 0 Å². The second-order valence-corrected chi connectivity index (χ2v) is 10.5. The molecule has 0 bridgehead atoms. The van der Waals surface area contributed by atoms with E-state index in [-0.39, 0.29) is 23.7 Å². The van der Waals surface area contributed by atoms with Crippen LogP contribution in [0.15, 0.2) is 55.4 Å². The molecule has 1 fully saturated rings. The fourth-order valence-corrected chi connectivity index (χ4v) is 5.47. The molecule has 5 heterocycles. The highest BCUT2D eigenvalue weighted by molar-refractivity contribution is 5.95. The number of hydrogen-bond acceptors (Lipinski definition) is 5. The lowest BCUT2D eigenvalue weighted by atomic mass is 10.0. The Morgan fingerprint density at radius 1 is 1.02 bits per heavy atom. The highest BCUT2D eigenvalue weighted by Crippen LogP contribution is 2.36. The average Bonchev–Trinajstić information content (AvgIpc) is 3.67. The molecule has 0 atom stereocenters. The van der Waals surface area contributed by atoms with Crippen LogP contribution in [0.3, 0.4) is 0 Å². The molecule has 0 aliphatic carbocycles. The van der Waals surface area contributed by atoms with Gasteiger partial charge in [-0.25, -0.2) is 4.98 Å². The molecule has 41 heavy (non-hydrogen) atoms. The normalized spacial score (nSPS) is 14.2. The lowest BCUT2D eigenvalue weighted by molar-refractivity contribution is -0.141. The third-order valence-electron chi connectivity index (χ3n) is 7.45. The van der Waals surface area contributed by atoms with Crippen LogP contribution in [0.2, 0.25) is 0 Å². The smallest absolute Gasteiger partial charge is 0.339 e. The number of nitrogens with zero attached hydrogens (tertiary/aromatic N) is 8. The van der Waals surface area contributed by atoms with Crippen molar-refractivity contribution in [3.63, 3.8) is 0 Å². The number of aryl methyl sites for hydroxylation is 2. The van der Waals surface area contributed by atoms with E-state index in [1.165, 1.54) is 17.1 Å². The summed E-state index contributed by atoms with van der Waals surface area (Å²) in [5.41, 5.74) is 3.53. The standard InChI is InChI=1S/C29H29F3N8O/c1-19-12-20(6-7-22(19)28(41)38-9-4-3-5-10-38)13-24-27-34-15-25(40(27)11-8-33-24)23-18-39(36-26(23)29(30,31)32)17-21-14-35-37(2)16-21/h6-8,11-12,14-16,18H,3-5,9-10,13,17H2,1-2H3. The van der Waals surface area contributed by atoms with Gasteiger partial charge < -0.3 is 4.90 Å². The van der Waals surface area contributed by atoms with Gasteiger partial charge in [0.2, 0.25) is 0 Å². The van der Waals surface area contributed by atoms with Crippen LogP contribution in [0.5, 0.6) is 0 Å². The number of aromatic nitrogens is 7. The first-order valence-corrected chi connectivity index (χ1v) is 13.5. The van der Waals surface area contributed by atoms with Crippen molar-refractivity contribution in [1.82, 2.24) is 38.8 Å². The summed E-state index contributed by atoms with van der Waals surface area (Å²) in [4.78, 5) is 23.9.